The van der Waals surface area contributed by atoms with Crippen molar-refractivity contribution in [3.05, 3.63) is 0 Å². The number of hydrogen-bond acceptors (Lipinski definition) is 4. The van der Waals surface area contributed by atoms with Gasteiger partial charge in [0.15, 0.2) is 0 Å². The minimum Gasteiger partial charge on any atom is -0.393 e. The van der Waals surface area contributed by atoms with Crippen LogP contribution in [-0.2, 0) is 13.3 Å². The molecule has 0 aromatic heterocycles. The van der Waals surface area contributed by atoms with Crippen molar-refractivity contribution in [1.29, 1.82) is 0 Å². The monoisotopic (exact) mass is 290 g/mol. The van der Waals surface area contributed by atoms with E-state index in [2.05, 4.69) is 0 Å². The molecule has 1 aliphatic rings. The maximum absolute atomic E-state index is 10.5. The first-order chi connectivity index (χ1) is 9.17. The summed E-state index contributed by atoms with van der Waals surface area (Å²) in [7, 11) is -2.69. The van der Waals surface area contributed by atoms with Gasteiger partial charge >= 0.3 is 8.80 Å². The van der Waals surface area contributed by atoms with Crippen molar-refractivity contribution >= 4 is 8.80 Å². The minimum absolute atomic E-state index is 0.350. The molecule has 0 radical (unpaired) electrons. The van der Waals surface area contributed by atoms with Gasteiger partial charge < -0.3 is 18.4 Å². The van der Waals surface area contributed by atoms with Crippen LogP contribution in [0.15, 0.2) is 0 Å². The smallest absolute Gasteiger partial charge is 0.393 e. The second kappa shape index (κ2) is 9.08. The van der Waals surface area contributed by atoms with Gasteiger partial charge in [-0.15, -0.1) is 0 Å². The number of aliphatic hydroxyl groups is 1. The van der Waals surface area contributed by atoms with Gasteiger partial charge in [0.25, 0.3) is 0 Å². The van der Waals surface area contributed by atoms with Gasteiger partial charge in [-0.05, 0) is 39.5 Å². The third-order valence-corrected chi connectivity index (χ3v) is 6.85. The molecule has 1 rings (SSSR count). The van der Waals surface area contributed by atoms with Crippen LogP contribution in [0.2, 0.25) is 6.04 Å². The van der Waals surface area contributed by atoms with Crippen molar-refractivity contribution in [3.63, 3.8) is 0 Å². The SMILES string of the molecule is CCO[Si](CC(O)C1CCCCC1)(OCC)OCC. The van der Waals surface area contributed by atoms with Gasteiger partial charge in [-0.2, -0.15) is 0 Å². The summed E-state index contributed by atoms with van der Waals surface area (Å²) in [5.74, 6) is 0.391. The lowest BCUT2D eigenvalue weighted by molar-refractivity contribution is 0.0373. The summed E-state index contributed by atoms with van der Waals surface area (Å²) < 4.78 is 17.4. The van der Waals surface area contributed by atoms with Gasteiger partial charge in [0.2, 0.25) is 0 Å². The third kappa shape index (κ3) is 5.51. The molecule has 5 heteroatoms. The Bertz CT molecular complexity index is 214. The largest absolute Gasteiger partial charge is 0.503 e. The van der Waals surface area contributed by atoms with E-state index in [-0.39, 0.29) is 6.10 Å². The molecule has 0 aliphatic heterocycles. The highest BCUT2D eigenvalue weighted by molar-refractivity contribution is 6.60. The van der Waals surface area contributed by atoms with E-state index in [1.54, 1.807) is 0 Å². The lowest BCUT2D eigenvalue weighted by atomic mass is 9.86. The summed E-state index contributed by atoms with van der Waals surface area (Å²) in [6.07, 6.45) is 5.65. The Labute approximate surface area is 118 Å². The molecule has 0 aromatic carbocycles. The Balaban J connectivity index is 2.62. The molecule has 1 N–H and O–H groups in total. The quantitative estimate of drug-likeness (QED) is 0.663. The zero-order valence-corrected chi connectivity index (χ0v) is 13.7. The van der Waals surface area contributed by atoms with Crippen LogP contribution in [-0.4, -0.2) is 39.8 Å². The van der Waals surface area contributed by atoms with E-state index in [9.17, 15) is 5.11 Å². The minimum atomic E-state index is -2.69. The Morgan fingerprint density at radius 3 is 1.84 bits per heavy atom. The van der Waals surface area contributed by atoms with Crippen LogP contribution < -0.4 is 0 Å². The maximum Gasteiger partial charge on any atom is 0.503 e. The summed E-state index contributed by atoms with van der Waals surface area (Å²) in [6, 6.07) is 0.535. The molecule has 0 aromatic rings. The van der Waals surface area contributed by atoms with Gasteiger partial charge in [0.1, 0.15) is 0 Å². The maximum atomic E-state index is 10.5. The van der Waals surface area contributed by atoms with Crippen LogP contribution in [0, 0.1) is 5.92 Å². The summed E-state index contributed by atoms with van der Waals surface area (Å²) in [5.41, 5.74) is 0. The Hall–Kier alpha value is 0.0569. The molecule has 0 spiro atoms. The second-order valence-electron chi connectivity index (χ2n) is 5.15. The van der Waals surface area contributed by atoms with Crippen molar-refractivity contribution in [2.45, 2.75) is 65.0 Å². The number of aliphatic hydroxyl groups excluding tert-OH is 1. The van der Waals surface area contributed by atoms with Crippen LogP contribution in [0.1, 0.15) is 52.9 Å². The molecule has 0 amide bonds. The van der Waals surface area contributed by atoms with E-state index in [4.69, 9.17) is 13.3 Å². The molecule has 1 fully saturated rings. The summed E-state index contributed by atoms with van der Waals surface area (Å²) in [6.45, 7) is 7.57. The zero-order valence-electron chi connectivity index (χ0n) is 12.7. The molecule has 114 valence electrons. The Morgan fingerprint density at radius 1 is 0.947 bits per heavy atom. The van der Waals surface area contributed by atoms with E-state index in [1.807, 2.05) is 20.8 Å². The average Bonchev–Trinajstić information content (AvgIpc) is 2.40. The molecule has 0 bridgehead atoms. The summed E-state index contributed by atoms with van der Waals surface area (Å²) in [4.78, 5) is 0. The van der Waals surface area contributed by atoms with E-state index in [1.165, 1.54) is 19.3 Å². The molecule has 1 unspecified atom stereocenters. The molecule has 1 saturated carbocycles. The average molecular weight is 290 g/mol. The molecule has 1 atom stereocenters. The summed E-state index contributed by atoms with van der Waals surface area (Å²) in [5, 5.41) is 10.5. The highest BCUT2D eigenvalue weighted by atomic mass is 28.4. The standard InChI is InChI=1S/C14H30O4Si/c1-4-16-19(17-5-2,18-6-3)12-14(15)13-10-8-7-9-11-13/h13-15H,4-12H2,1-3H3. The van der Waals surface area contributed by atoms with Crippen LogP contribution in [0.25, 0.3) is 0 Å². The highest BCUT2D eigenvalue weighted by Crippen LogP contribution is 2.31. The van der Waals surface area contributed by atoms with Crippen LogP contribution in [0.5, 0.6) is 0 Å². The van der Waals surface area contributed by atoms with Gasteiger partial charge in [-0.3, -0.25) is 0 Å². The topological polar surface area (TPSA) is 47.9 Å². The van der Waals surface area contributed by atoms with Crippen LogP contribution >= 0.6 is 0 Å². The normalized spacial score (nSPS) is 19.6. The van der Waals surface area contributed by atoms with E-state index in [0.29, 0.717) is 31.8 Å². The van der Waals surface area contributed by atoms with Gasteiger partial charge in [-0.25, -0.2) is 0 Å². The van der Waals surface area contributed by atoms with Crippen molar-refractivity contribution in [1.82, 2.24) is 0 Å². The van der Waals surface area contributed by atoms with Crippen molar-refractivity contribution in [2.75, 3.05) is 19.8 Å². The molecular weight excluding hydrogens is 260 g/mol. The lowest BCUT2D eigenvalue weighted by Gasteiger charge is -2.33. The fourth-order valence-corrected chi connectivity index (χ4v) is 5.67. The lowest BCUT2D eigenvalue weighted by Crippen LogP contribution is -2.49. The van der Waals surface area contributed by atoms with E-state index in [0.717, 1.165) is 12.8 Å². The molecular formula is C14H30O4Si. The van der Waals surface area contributed by atoms with Crippen molar-refractivity contribution in [2.24, 2.45) is 5.92 Å². The molecule has 0 heterocycles. The fourth-order valence-electron chi connectivity index (χ4n) is 2.90. The third-order valence-electron chi connectivity index (χ3n) is 3.75. The van der Waals surface area contributed by atoms with Crippen LogP contribution in [0.3, 0.4) is 0 Å². The fraction of sp³-hybridized carbons (Fsp3) is 1.00. The second-order valence-corrected chi connectivity index (χ2v) is 7.79. The number of rotatable bonds is 9. The first kappa shape index (κ1) is 17.1. The Kier molecular flexibility index (Phi) is 8.17. The first-order valence-corrected chi connectivity index (χ1v) is 9.70. The summed E-state index contributed by atoms with van der Waals surface area (Å²) >= 11 is 0. The van der Waals surface area contributed by atoms with Gasteiger partial charge in [0, 0.05) is 25.9 Å². The van der Waals surface area contributed by atoms with Crippen molar-refractivity contribution < 1.29 is 18.4 Å². The van der Waals surface area contributed by atoms with E-state index < -0.39 is 8.80 Å². The van der Waals surface area contributed by atoms with E-state index >= 15 is 0 Å². The van der Waals surface area contributed by atoms with Gasteiger partial charge in [-0.1, -0.05) is 19.3 Å². The predicted octanol–water partition coefficient (Wildman–Crippen LogP) is 2.98. The number of hydrogen-bond donors (Lipinski definition) is 1. The molecule has 1 aliphatic carbocycles. The highest BCUT2D eigenvalue weighted by Gasteiger charge is 2.44. The van der Waals surface area contributed by atoms with Crippen molar-refractivity contribution in [3.8, 4) is 0 Å². The molecule has 4 nitrogen and oxygen atoms in total. The van der Waals surface area contributed by atoms with Crippen LogP contribution in [0.4, 0.5) is 0 Å². The zero-order chi connectivity index (χ0) is 14.1. The molecule has 0 saturated heterocycles. The van der Waals surface area contributed by atoms with Gasteiger partial charge in [0.05, 0.1) is 6.10 Å². The first-order valence-electron chi connectivity index (χ1n) is 7.77. The molecule has 19 heavy (non-hydrogen) atoms. The Morgan fingerprint density at radius 2 is 1.42 bits per heavy atom. The predicted molar refractivity (Wildman–Crippen MR) is 78.0 cm³/mol.